The van der Waals surface area contributed by atoms with Crippen LogP contribution in [-0.4, -0.2) is 68.3 Å². The van der Waals surface area contributed by atoms with Gasteiger partial charge in [0, 0.05) is 31.9 Å². The summed E-state index contributed by atoms with van der Waals surface area (Å²) in [6.07, 6.45) is 5.07. The molecular formula is C14H31N3O2S2. The molecule has 7 heteroatoms. The van der Waals surface area contributed by atoms with Crippen LogP contribution < -0.4 is 5.32 Å². The highest BCUT2D eigenvalue weighted by molar-refractivity contribution is 7.98. The summed E-state index contributed by atoms with van der Waals surface area (Å²) in [5, 5.41) is 3.43. The number of hydrogen-bond donors (Lipinski definition) is 1. The van der Waals surface area contributed by atoms with Crippen LogP contribution in [0.1, 0.15) is 33.1 Å². The highest BCUT2D eigenvalue weighted by Crippen LogP contribution is 2.21. The van der Waals surface area contributed by atoms with Gasteiger partial charge in [0.05, 0.1) is 0 Å². The van der Waals surface area contributed by atoms with E-state index < -0.39 is 10.2 Å². The second-order valence-corrected chi connectivity index (χ2v) is 8.77. The summed E-state index contributed by atoms with van der Waals surface area (Å²) < 4.78 is 28.4. The fourth-order valence-corrected chi connectivity index (χ4v) is 4.95. The van der Waals surface area contributed by atoms with Gasteiger partial charge in [-0.15, -0.1) is 0 Å². The molecule has 1 aliphatic heterocycles. The predicted octanol–water partition coefficient (Wildman–Crippen LogP) is 1.63. The summed E-state index contributed by atoms with van der Waals surface area (Å²) in [5.41, 5.74) is 0. The molecule has 126 valence electrons. The lowest BCUT2D eigenvalue weighted by molar-refractivity contribution is 0.249. The van der Waals surface area contributed by atoms with Crippen molar-refractivity contribution in [1.29, 1.82) is 0 Å². The number of rotatable bonds is 9. The molecule has 0 aromatic rings. The molecule has 1 saturated heterocycles. The molecule has 1 aliphatic rings. The molecule has 0 saturated carbocycles. The van der Waals surface area contributed by atoms with E-state index in [0.29, 0.717) is 19.0 Å². The lowest BCUT2D eigenvalue weighted by atomic mass is 9.98. The molecule has 0 aromatic carbocycles. The standard InChI is InChI=1S/C14H31N3O2S2/c1-5-8-15-11-14-6-9-17(10-7-14)21(18,19)16(3)13(2)12-20-4/h13-15H,5-12H2,1-4H3. The molecule has 0 radical (unpaired) electrons. The van der Waals surface area contributed by atoms with Gasteiger partial charge >= 0.3 is 0 Å². The van der Waals surface area contributed by atoms with Gasteiger partial charge in [0.1, 0.15) is 0 Å². The van der Waals surface area contributed by atoms with Gasteiger partial charge in [0.25, 0.3) is 10.2 Å². The lowest BCUT2D eigenvalue weighted by Gasteiger charge is -2.35. The Bertz CT molecular complexity index is 382. The van der Waals surface area contributed by atoms with E-state index in [-0.39, 0.29) is 6.04 Å². The zero-order valence-electron chi connectivity index (χ0n) is 13.8. The molecule has 0 amide bonds. The molecule has 1 unspecified atom stereocenters. The molecule has 21 heavy (non-hydrogen) atoms. The molecule has 5 nitrogen and oxygen atoms in total. The van der Waals surface area contributed by atoms with Gasteiger partial charge in [-0.2, -0.15) is 28.8 Å². The van der Waals surface area contributed by atoms with E-state index in [1.165, 1.54) is 4.31 Å². The third kappa shape index (κ3) is 5.71. The SMILES string of the molecule is CCCNCC1CCN(S(=O)(=O)N(C)C(C)CSC)CC1. The monoisotopic (exact) mass is 337 g/mol. The van der Waals surface area contributed by atoms with Crippen LogP contribution in [0.3, 0.4) is 0 Å². The van der Waals surface area contributed by atoms with Crippen LogP contribution >= 0.6 is 11.8 Å². The number of nitrogens with one attached hydrogen (secondary N) is 1. The van der Waals surface area contributed by atoms with E-state index in [1.54, 1.807) is 23.1 Å². The van der Waals surface area contributed by atoms with Crippen molar-refractivity contribution in [2.45, 2.75) is 39.2 Å². The molecule has 1 N–H and O–H groups in total. The van der Waals surface area contributed by atoms with Crippen LogP contribution in [0.25, 0.3) is 0 Å². The Labute approximate surface area is 135 Å². The van der Waals surface area contributed by atoms with E-state index in [4.69, 9.17) is 0 Å². The molecule has 1 atom stereocenters. The summed E-state index contributed by atoms with van der Waals surface area (Å²) in [5.74, 6) is 1.43. The fraction of sp³-hybridized carbons (Fsp3) is 1.00. The first-order chi connectivity index (χ1) is 9.93. The number of thioether (sulfide) groups is 1. The van der Waals surface area contributed by atoms with Crippen LogP contribution in [0.15, 0.2) is 0 Å². The minimum absolute atomic E-state index is 0.0361. The van der Waals surface area contributed by atoms with E-state index >= 15 is 0 Å². The second kappa shape index (κ2) is 9.35. The predicted molar refractivity (Wildman–Crippen MR) is 92.0 cm³/mol. The van der Waals surface area contributed by atoms with Gasteiger partial charge in [-0.1, -0.05) is 6.92 Å². The first kappa shape index (κ1) is 19.2. The van der Waals surface area contributed by atoms with Crippen molar-refractivity contribution in [1.82, 2.24) is 13.9 Å². The lowest BCUT2D eigenvalue weighted by Crippen LogP contribution is -2.49. The summed E-state index contributed by atoms with van der Waals surface area (Å²) in [6, 6.07) is 0.0361. The highest BCUT2D eigenvalue weighted by Gasteiger charge is 2.32. The maximum atomic E-state index is 12.6. The number of piperidine rings is 1. The zero-order valence-corrected chi connectivity index (χ0v) is 15.5. The van der Waals surface area contributed by atoms with Crippen LogP contribution in [0.2, 0.25) is 0 Å². The minimum atomic E-state index is -3.30. The maximum Gasteiger partial charge on any atom is 0.281 e. The first-order valence-corrected chi connectivity index (χ1v) is 10.6. The third-order valence-electron chi connectivity index (χ3n) is 4.15. The van der Waals surface area contributed by atoms with Gasteiger partial charge in [-0.3, -0.25) is 0 Å². The molecule has 1 heterocycles. The van der Waals surface area contributed by atoms with Gasteiger partial charge < -0.3 is 5.32 Å². The van der Waals surface area contributed by atoms with Crippen LogP contribution in [0, 0.1) is 5.92 Å². The quantitative estimate of drug-likeness (QED) is 0.650. The van der Waals surface area contributed by atoms with Gasteiger partial charge in [-0.25, -0.2) is 0 Å². The van der Waals surface area contributed by atoms with Crippen molar-refractivity contribution in [3.8, 4) is 0 Å². The molecule has 1 fully saturated rings. The Morgan fingerprint density at radius 2 is 2.00 bits per heavy atom. The van der Waals surface area contributed by atoms with Crippen molar-refractivity contribution in [2.24, 2.45) is 5.92 Å². The smallest absolute Gasteiger partial charge is 0.281 e. The zero-order chi connectivity index (χ0) is 15.9. The Morgan fingerprint density at radius 1 is 1.38 bits per heavy atom. The topological polar surface area (TPSA) is 52.7 Å². The third-order valence-corrected chi connectivity index (χ3v) is 7.07. The Morgan fingerprint density at radius 3 is 2.52 bits per heavy atom. The Hall–Kier alpha value is 0.180. The van der Waals surface area contributed by atoms with Gasteiger partial charge in [-0.05, 0) is 51.4 Å². The van der Waals surface area contributed by atoms with Gasteiger partial charge in [0.2, 0.25) is 0 Å². The normalized spacial score (nSPS) is 20.0. The van der Waals surface area contributed by atoms with E-state index in [1.807, 2.05) is 13.2 Å². The fourth-order valence-electron chi connectivity index (χ4n) is 2.58. The van der Waals surface area contributed by atoms with Crippen molar-refractivity contribution >= 4 is 22.0 Å². The second-order valence-electron chi connectivity index (χ2n) is 5.87. The average molecular weight is 338 g/mol. The van der Waals surface area contributed by atoms with Crippen molar-refractivity contribution in [3.63, 3.8) is 0 Å². The Balaban J connectivity index is 2.48. The minimum Gasteiger partial charge on any atom is -0.316 e. The summed E-state index contributed by atoms with van der Waals surface area (Å²) >= 11 is 1.68. The van der Waals surface area contributed by atoms with Gasteiger partial charge in [0.15, 0.2) is 0 Å². The molecule has 0 aromatic heterocycles. The molecule has 0 aliphatic carbocycles. The van der Waals surface area contributed by atoms with E-state index in [2.05, 4.69) is 12.2 Å². The first-order valence-electron chi connectivity index (χ1n) is 7.86. The van der Waals surface area contributed by atoms with Crippen molar-refractivity contribution < 1.29 is 8.42 Å². The largest absolute Gasteiger partial charge is 0.316 e. The van der Waals surface area contributed by atoms with Crippen LogP contribution in [0.4, 0.5) is 0 Å². The van der Waals surface area contributed by atoms with Crippen LogP contribution in [-0.2, 0) is 10.2 Å². The average Bonchev–Trinajstić information content (AvgIpc) is 2.47. The van der Waals surface area contributed by atoms with Crippen LogP contribution in [0.5, 0.6) is 0 Å². The summed E-state index contributed by atoms with van der Waals surface area (Å²) in [4.78, 5) is 0. The van der Waals surface area contributed by atoms with Crippen molar-refractivity contribution in [3.05, 3.63) is 0 Å². The van der Waals surface area contributed by atoms with E-state index in [0.717, 1.165) is 38.1 Å². The molecular weight excluding hydrogens is 306 g/mol. The van der Waals surface area contributed by atoms with E-state index in [9.17, 15) is 8.42 Å². The highest BCUT2D eigenvalue weighted by atomic mass is 32.2. The molecule has 0 spiro atoms. The van der Waals surface area contributed by atoms with Crippen molar-refractivity contribution in [2.75, 3.05) is 45.2 Å². The number of nitrogens with zero attached hydrogens (tertiary/aromatic N) is 2. The molecule has 1 rings (SSSR count). The Kier molecular flexibility index (Phi) is 8.56. The summed E-state index contributed by atoms with van der Waals surface area (Å²) in [7, 11) is -1.60. The maximum absolute atomic E-state index is 12.6. The number of hydrogen-bond acceptors (Lipinski definition) is 4. The summed E-state index contributed by atoms with van der Waals surface area (Å²) in [6.45, 7) is 7.49. The molecule has 0 bridgehead atoms.